The zero-order chi connectivity index (χ0) is 20.5. The number of amides is 1. The molecule has 0 aliphatic heterocycles. The number of nitro groups is 1. The van der Waals surface area contributed by atoms with Gasteiger partial charge in [-0.2, -0.15) is 5.10 Å². The number of non-ortho nitro benzene ring substituents is 1. The van der Waals surface area contributed by atoms with E-state index in [0.29, 0.717) is 5.56 Å². The van der Waals surface area contributed by atoms with Crippen molar-refractivity contribution in [1.29, 1.82) is 0 Å². The highest BCUT2D eigenvalue weighted by molar-refractivity contribution is 8.00. The molecule has 1 amide bonds. The van der Waals surface area contributed by atoms with E-state index in [1.165, 1.54) is 30.1 Å². The minimum atomic E-state index is -0.444. The number of hydrazone groups is 1. The maximum absolute atomic E-state index is 12.3. The number of anilines is 1. The van der Waals surface area contributed by atoms with Gasteiger partial charge in [-0.1, -0.05) is 18.2 Å². The van der Waals surface area contributed by atoms with Gasteiger partial charge in [0, 0.05) is 41.4 Å². The number of nitrogens with zero attached hydrogens (tertiary/aromatic N) is 3. The van der Waals surface area contributed by atoms with Gasteiger partial charge in [0.2, 0.25) is 0 Å². The summed E-state index contributed by atoms with van der Waals surface area (Å²) in [6, 6.07) is 14.3. The quantitative estimate of drug-likeness (QED) is 0.297. The van der Waals surface area contributed by atoms with Crippen LogP contribution in [0.15, 0.2) is 58.5 Å². The highest BCUT2D eigenvalue weighted by atomic mass is 32.2. The molecule has 0 aliphatic carbocycles. The molecule has 2 aromatic rings. The summed E-state index contributed by atoms with van der Waals surface area (Å²) in [6.45, 7) is 7.34. The third kappa shape index (κ3) is 5.82. The number of benzene rings is 2. The summed E-state index contributed by atoms with van der Waals surface area (Å²) in [5, 5.41) is 14.8. The summed E-state index contributed by atoms with van der Waals surface area (Å²) in [5.41, 5.74) is 3.92. The summed E-state index contributed by atoms with van der Waals surface area (Å²) in [5.74, 6) is -0.236. The average molecular weight is 401 g/mol. The molecule has 0 saturated carbocycles. The molecule has 0 saturated heterocycles. The van der Waals surface area contributed by atoms with Gasteiger partial charge in [0.05, 0.1) is 16.4 Å². The molecule has 2 rings (SSSR count). The monoisotopic (exact) mass is 400 g/mol. The van der Waals surface area contributed by atoms with Gasteiger partial charge in [-0.15, -0.1) is 11.8 Å². The highest BCUT2D eigenvalue weighted by Crippen LogP contribution is 2.25. The lowest BCUT2D eigenvalue weighted by Crippen LogP contribution is -2.27. The fourth-order valence-electron chi connectivity index (χ4n) is 2.62. The summed E-state index contributed by atoms with van der Waals surface area (Å²) in [7, 11) is 0. The zero-order valence-corrected chi connectivity index (χ0v) is 17.0. The van der Waals surface area contributed by atoms with Crippen LogP contribution < -0.4 is 10.3 Å². The average Bonchev–Trinajstić information content (AvgIpc) is 2.70. The number of thioether (sulfide) groups is 1. The van der Waals surface area contributed by atoms with Crippen molar-refractivity contribution in [3.63, 3.8) is 0 Å². The molecule has 0 aromatic heterocycles. The predicted octanol–water partition coefficient (Wildman–Crippen LogP) is 4.07. The van der Waals surface area contributed by atoms with Crippen LogP contribution in [-0.2, 0) is 4.79 Å². The van der Waals surface area contributed by atoms with Crippen molar-refractivity contribution in [1.82, 2.24) is 5.43 Å². The van der Waals surface area contributed by atoms with Crippen LogP contribution in [0.25, 0.3) is 0 Å². The maximum Gasteiger partial charge on any atom is 0.270 e. The number of hydrogen-bond donors (Lipinski definition) is 1. The first-order valence-electron chi connectivity index (χ1n) is 9.04. The van der Waals surface area contributed by atoms with Crippen molar-refractivity contribution >= 4 is 35.3 Å². The second-order valence-electron chi connectivity index (χ2n) is 5.98. The van der Waals surface area contributed by atoms with E-state index >= 15 is 0 Å². The third-order valence-corrected chi connectivity index (χ3v) is 5.24. The Balaban J connectivity index is 2.12. The van der Waals surface area contributed by atoms with Gasteiger partial charge >= 0.3 is 0 Å². The molecule has 1 N–H and O–H groups in total. The van der Waals surface area contributed by atoms with E-state index in [9.17, 15) is 14.9 Å². The van der Waals surface area contributed by atoms with Crippen LogP contribution in [0.1, 0.15) is 26.3 Å². The first kappa shape index (κ1) is 21.4. The minimum absolute atomic E-state index is 0.0170. The molecule has 0 bridgehead atoms. The number of carbonyl (C=O) groups is 1. The Bertz CT molecular complexity index is 839. The Labute approximate surface area is 169 Å². The van der Waals surface area contributed by atoms with E-state index in [1.54, 1.807) is 13.0 Å². The molecule has 0 heterocycles. The van der Waals surface area contributed by atoms with Crippen LogP contribution in [0.4, 0.5) is 11.4 Å². The van der Waals surface area contributed by atoms with Gasteiger partial charge in [-0.25, -0.2) is 5.43 Å². The van der Waals surface area contributed by atoms with Crippen LogP contribution in [0.5, 0.6) is 0 Å². The van der Waals surface area contributed by atoms with E-state index in [2.05, 4.69) is 15.4 Å². The molecule has 0 unspecified atom stereocenters. The van der Waals surface area contributed by atoms with E-state index < -0.39 is 4.92 Å². The van der Waals surface area contributed by atoms with E-state index in [0.717, 1.165) is 23.7 Å². The third-order valence-electron chi connectivity index (χ3n) is 4.13. The van der Waals surface area contributed by atoms with Crippen LogP contribution >= 0.6 is 11.8 Å². The highest BCUT2D eigenvalue weighted by Gasteiger charge is 2.15. The summed E-state index contributed by atoms with van der Waals surface area (Å²) in [4.78, 5) is 26.0. The van der Waals surface area contributed by atoms with E-state index in [-0.39, 0.29) is 16.8 Å². The number of carbonyl (C=O) groups excluding carboxylic acids is 1. The van der Waals surface area contributed by atoms with Gasteiger partial charge in [-0.3, -0.25) is 14.9 Å². The van der Waals surface area contributed by atoms with Crippen LogP contribution in [0.2, 0.25) is 0 Å². The van der Waals surface area contributed by atoms with Gasteiger partial charge in [-0.05, 0) is 39.0 Å². The first-order valence-corrected chi connectivity index (χ1v) is 9.92. The van der Waals surface area contributed by atoms with Crippen molar-refractivity contribution < 1.29 is 9.72 Å². The lowest BCUT2D eigenvalue weighted by atomic mass is 10.1. The Morgan fingerprint density at radius 1 is 1.25 bits per heavy atom. The molecule has 0 fully saturated rings. The fourth-order valence-corrected chi connectivity index (χ4v) is 3.51. The normalized spacial score (nSPS) is 12.0. The largest absolute Gasteiger partial charge is 0.372 e. The summed E-state index contributed by atoms with van der Waals surface area (Å²) < 4.78 is 0. The van der Waals surface area contributed by atoms with Crippen molar-refractivity contribution in [3.8, 4) is 0 Å². The topological polar surface area (TPSA) is 87.8 Å². The Morgan fingerprint density at radius 3 is 2.54 bits per heavy atom. The van der Waals surface area contributed by atoms with Crippen molar-refractivity contribution in [2.45, 2.75) is 30.9 Å². The molecule has 0 spiro atoms. The molecule has 0 aliphatic rings. The van der Waals surface area contributed by atoms with Gasteiger partial charge in [0.1, 0.15) is 0 Å². The number of hydrogen-bond acceptors (Lipinski definition) is 6. The summed E-state index contributed by atoms with van der Waals surface area (Å²) in [6.07, 6.45) is 1.46. The molecule has 8 heteroatoms. The van der Waals surface area contributed by atoms with Gasteiger partial charge < -0.3 is 4.90 Å². The number of nitro benzene ring substituents is 1. The number of rotatable bonds is 9. The standard InChI is InChI=1S/C20H24N4O3S/c1-4-23(5-2)19-12-11-17(24(26)27)13-16(19)14-21-22-20(25)15(3)28-18-9-7-6-8-10-18/h6-15H,4-5H2,1-3H3,(H,22,25)/b21-14-/t15-/m0/s1. The van der Waals surface area contributed by atoms with E-state index in [4.69, 9.17) is 0 Å². The Morgan fingerprint density at radius 2 is 1.93 bits per heavy atom. The van der Waals surface area contributed by atoms with Crippen molar-refractivity contribution in [2.75, 3.05) is 18.0 Å². The lowest BCUT2D eigenvalue weighted by molar-refractivity contribution is -0.384. The summed E-state index contributed by atoms with van der Waals surface area (Å²) >= 11 is 1.44. The second-order valence-corrected chi connectivity index (χ2v) is 7.39. The van der Waals surface area contributed by atoms with Crippen molar-refractivity contribution in [2.24, 2.45) is 5.10 Å². The molecular weight excluding hydrogens is 376 g/mol. The maximum atomic E-state index is 12.3. The lowest BCUT2D eigenvalue weighted by Gasteiger charge is -2.22. The molecule has 2 aromatic carbocycles. The zero-order valence-electron chi connectivity index (χ0n) is 16.2. The molecular formula is C20H24N4O3S. The van der Waals surface area contributed by atoms with Crippen LogP contribution in [0.3, 0.4) is 0 Å². The molecule has 1 atom stereocenters. The van der Waals surface area contributed by atoms with Crippen LogP contribution in [0, 0.1) is 10.1 Å². The fraction of sp³-hybridized carbons (Fsp3) is 0.300. The smallest absolute Gasteiger partial charge is 0.270 e. The first-order chi connectivity index (χ1) is 13.5. The Hall–Kier alpha value is -2.87. The van der Waals surface area contributed by atoms with Crippen LogP contribution in [-0.4, -0.2) is 35.4 Å². The SMILES string of the molecule is CCN(CC)c1ccc([N+](=O)[O-])cc1/C=N\NC(=O)[C@H](C)Sc1ccccc1. The molecule has 148 valence electrons. The molecule has 28 heavy (non-hydrogen) atoms. The van der Waals surface area contributed by atoms with Gasteiger partial charge in [0.15, 0.2) is 0 Å². The molecule has 0 radical (unpaired) electrons. The Kier molecular flexibility index (Phi) is 8.01. The second kappa shape index (κ2) is 10.5. The van der Waals surface area contributed by atoms with E-state index in [1.807, 2.05) is 44.2 Å². The minimum Gasteiger partial charge on any atom is -0.372 e. The van der Waals surface area contributed by atoms with Crippen molar-refractivity contribution in [3.05, 3.63) is 64.2 Å². The van der Waals surface area contributed by atoms with Gasteiger partial charge in [0.25, 0.3) is 11.6 Å². The molecule has 7 nitrogen and oxygen atoms in total. The predicted molar refractivity (Wildman–Crippen MR) is 114 cm³/mol. The number of nitrogens with one attached hydrogen (secondary N) is 1.